The van der Waals surface area contributed by atoms with Crippen LogP contribution in [0.1, 0.15) is 16.7 Å². The Labute approximate surface area is 189 Å². The van der Waals surface area contributed by atoms with Gasteiger partial charge < -0.3 is 24.1 Å². The van der Waals surface area contributed by atoms with Crippen LogP contribution in [0.2, 0.25) is 0 Å². The molecule has 0 aromatic heterocycles. The minimum absolute atomic E-state index is 0.0356. The zero-order valence-electron chi connectivity index (χ0n) is 18.1. The van der Waals surface area contributed by atoms with E-state index in [0.717, 1.165) is 16.7 Å². The Kier molecular flexibility index (Phi) is 8.42. The fourth-order valence-corrected chi connectivity index (χ4v) is 3.66. The van der Waals surface area contributed by atoms with Crippen LogP contribution in [0.25, 0.3) is 0 Å². The summed E-state index contributed by atoms with van der Waals surface area (Å²) in [6.45, 7) is 1.70. The van der Waals surface area contributed by atoms with Crippen molar-refractivity contribution in [2.75, 3.05) is 13.2 Å². The van der Waals surface area contributed by atoms with Gasteiger partial charge in [0, 0.05) is 0 Å². The van der Waals surface area contributed by atoms with Crippen LogP contribution in [0.5, 0.6) is 0 Å². The predicted molar refractivity (Wildman–Crippen MR) is 122 cm³/mol. The molecule has 1 aliphatic rings. The van der Waals surface area contributed by atoms with Crippen LogP contribution >= 0.6 is 0 Å². The zero-order valence-corrected chi connectivity index (χ0v) is 18.1. The Hall–Kier alpha value is -2.54. The summed E-state index contributed by atoms with van der Waals surface area (Å²) in [4.78, 5) is 0. The third-order valence-corrected chi connectivity index (χ3v) is 5.48. The van der Waals surface area contributed by atoms with Crippen molar-refractivity contribution >= 4 is 0 Å². The fraction of sp³-hybridized carbons (Fsp3) is 0.333. The van der Waals surface area contributed by atoms with Gasteiger partial charge in [0.15, 0.2) is 0 Å². The van der Waals surface area contributed by atoms with Crippen molar-refractivity contribution in [2.45, 2.75) is 44.2 Å². The molecule has 0 bridgehead atoms. The van der Waals surface area contributed by atoms with Gasteiger partial charge in [-0.25, -0.2) is 0 Å². The van der Waals surface area contributed by atoms with Crippen LogP contribution in [-0.4, -0.2) is 42.7 Å². The number of aliphatic hydroxyl groups excluding tert-OH is 1. The maximum absolute atomic E-state index is 9.57. The van der Waals surface area contributed by atoms with Gasteiger partial charge in [0.2, 0.25) is 0 Å². The third kappa shape index (κ3) is 6.73. The topological polar surface area (TPSA) is 60.5 Å². The lowest BCUT2D eigenvalue weighted by molar-refractivity contribution is -0.124. The molecular weight excluding hydrogens is 404 g/mol. The normalized spacial score (nSPS) is 19.4. The summed E-state index contributed by atoms with van der Waals surface area (Å²) >= 11 is 0. The minimum atomic E-state index is -0.355. The molecule has 1 aliphatic heterocycles. The van der Waals surface area contributed by atoms with Crippen molar-refractivity contribution in [3.05, 3.63) is 108 Å². The van der Waals surface area contributed by atoms with Crippen LogP contribution in [0.15, 0.2) is 91.0 Å². The van der Waals surface area contributed by atoms with Gasteiger partial charge in [0.25, 0.3) is 0 Å². The molecule has 3 aromatic carbocycles. The van der Waals surface area contributed by atoms with E-state index < -0.39 is 0 Å². The molecule has 1 N–H and O–H groups in total. The van der Waals surface area contributed by atoms with Gasteiger partial charge in [-0.3, -0.25) is 0 Å². The van der Waals surface area contributed by atoms with Gasteiger partial charge in [0.05, 0.1) is 33.0 Å². The van der Waals surface area contributed by atoms with Crippen molar-refractivity contribution in [1.82, 2.24) is 0 Å². The highest BCUT2D eigenvalue weighted by Crippen LogP contribution is 2.31. The zero-order chi connectivity index (χ0) is 22.0. The summed E-state index contributed by atoms with van der Waals surface area (Å²) in [5.41, 5.74) is 3.26. The lowest BCUT2D eigenvalue weighted by Crippen LogP contribution is -2.40. The van der Waals surface area contributed by atoms with Gasteiger partial charge in [-0.1, -0.05) is 91.0 Å². The molecule has 0 amide bonds. The highest BCUT2D eigenvalue weighted by Gasteiger charge is 2.48. The molecule has 1 saturated heterocycles. The van der Waals surface area contributed by atoms with Crippen LogP contribution in [0, 0.1) is 0 Å². The highest BCUT2D eigenvalue weighted by atomic mass is 16.6. The molecule has 4 rings (SSSR count). The fourth-order valence-electron chi connectivity index (χ4n) is 3.66. The van der Waals surface area contributed by atoms with Crippen LogP contribution in [0.4, 0.5) is 0 Å². The van der Waals surface area contributed by atoms with E-state index in [9.17, 15) is 5.11 Å². The monoisotopic (exact) mass is 434 g/mol. The number of hydrogen-bond donors (Lipinski definition) is 1. The molecule has 0 spiro atoms. The van der Waals surface area contributed by atoms with Crippen molar-refractivity contribution in [3.63, 3.8) is 0 Å². The number of epoxide rings is 1. The Morgan fingerprint density at radius 2 is 1.19 bits per heavy atom. The van der Waals surface area contributed by atoms with E-state index in [2.05, 4.69) is 0 Å². The standard InChI is InChI=1S/C27H30O5/c28-16-24-27(32-24)26(31-19-23-14-8-3-9-15-23)25(30-18-22-12-6-2-7-13-22)20-29-17-21-10-4-1-5-11-21/h1-15,24-28H,16-20H2/t24-,25-,26-,27-/m1/s1. The van der Waals surface area contributed by atoms with Gasteiger partial charge in [0.1, 0.15) is 24.4 Å². The minimum Gasteiger partial charge on any atom is -0.394 e. The molecule has 1 heterocycles. The van der Waals surface area contributed by atoms with Gasteiger partial charge in [-0.15, -0.1) is 0 Å². The second-order valence-electron chi connectivity index (χ2n) is 7.92. The Morgan fingerprint density at radius 1 is 0.688 bits per heavy atom. The lowest BCUT2D eigenvalue weighted by Gasteiger charge is -2.27. The average molecular weight is 435 g/mol. The summed E-state index contributed by atoms with van der Waals surface area (Å²) in [5, 5.41) is 9.57. The molecule has 1 fully saturated rings. The van der Waals surface area contributed by atoms with E-state index >= 15 is 0 Å². The van der Waals surface area contributed by atoms with E-state index in [0.29, 0.717) is 26.4 Å². The number of benzene rings is 3. The van der Waals surface area contributed by atoms with Crippen LogP contribution < -0.4 is 0 Å². The smallest absolute Gasteiger partial charge is 0.115 e. The predicted octanol–water partition coefficient (Wildman–Crippen LogP) is 4.13. The van der Waals surface area contributed by atoms with Gasteiger partial charge in [-0.05, 0) is 16.7 Å². The molecule has 32 heavy (non-hydrogen) atoms. The first kappa shape index (κ1) is 22.6. The summed E-state index contributed by atoms with van der Waals surface area (Å²) < 4.78 is 24.3. The molecule has 0 radical (unpaired) electrons. The van der Waals surface area contributed by atoms with E-state index in [1.54, 1.807) is 0 Å². The summed E-state index contributed by atoms with van der Waals surface area (Å²) in [7, 11) is 0. The summed E-state index contributed by atoms with van der Waals surface area (Å²) in [5.74, 6) is 0. The van der Waals surface area contributed by atoms with Crippen LogP contribution in [0.3, 0.4) is 0 Å². The third-order valence-electron chi connectivity index (χ3n) is 5.48. The molecular formula is C27H30O5. The maximum atomic E-state index is 9.57. The van der Waals surface area contributed by atoms with Crippen LogP contribution in [-0.2, 0) is 38.8 Å². The Balaban J connectivity index is 1.43. The second kappa shape index (κ2) is 11.9. The van der Waals surface area contributed by atoms with Crippen molar-refractivity contribution in [1.29, 1.82) is 0 Å². The number of aliphatic hydroxyl groups is 1. The molecule has 0 unspecified atom stereocenters. The highest BCUT2D eigenvalue weighted by molar-refractivity contribution is 5.15. The maximum Gasteiger partial charge on any atom is 0.115 e. The molecule has 0 saturated carbocycles. The van der Waals surface area contributed by atoms with E-state index in [-0.39, 0.29) is 31.0 Å². The summed E-state index contributed by atoms with van der Waals surface area (Å²) in [6.07, 6.45) is -1.14. The number of rotatable bonds is 13. The summed E-state index contributed by atoms with van der Waals surface area (Å²) in [6, 6.07) is 30.1. The Bertz CT molecular complexity index is 903. The molecule has 168 valence electrons. The van der Waals surface area contributed by atoms with Gasteiger partial charge >= 0.3 is 0 Å². The molecule has 5 heteroatoms. The Morgan fingerprint density at radius 3 is 1.69 bits per heavy atom. The SMILES string of the molecule is OC[C@H]1O[C@H]1[C@H](OCc1ccccc1)[C@@H](COCc1ccccc1)OCc1ccccc1. The quantitative estimate of drug-likeness (QED) is 0.410. The molecule has 0 aliphatic carbocycles. The number of ether oxygens (including phenoxy) is 4. The first-order valence-electron chi connectivity index (χ1n) is 11.0. The van der Waals surface area contributed by atoms with Crippen molar-refractivity contribution in [2.24, 2.45) is 0 Å². The van der Waals surface area contributed by atoms with E-state index in [4.69, 9.17) is 18.9 Å². The largest absolute Gasteiger partial charge is 0.394 e. The van der Waals surface area contributed by atoms with Crippen molar-refractivity contribution < 1.29 is 24.1 Å². The average Bonchev–Trinajstić information content (AvgIpc) is 3.64. The molecule has 4 atom stereocenters. The molecule has 3 aromatic rings. The molecule has 5 nitrogen and oxygen atoms in total. The van der Waals surface area contributed by atoms with E-state index in [1.807, 2.05) is 91.0 Å². The van der Waals surface area contributed by atoms with Crippen molar-refractivity contribution in [3.8, 4) is 0 Å². The number of hydrogen-bond acceptors (Lipinski definition) is 5. The lowest BCUT2D eigenvalue weighted by atomic mass is 10.1. The van der Waals surface area contributed by atoms with Gasteiger partial charge in [-0.2, -0.15) is 0 Å². The first-order valence-corrected chi connectivity index (χ1v) is 11.0. The van der Waals surface area contributed by atoms with E-state index in [1.165, 1.54) is 0 Å². The first-order chi connectivity index (χ1) is 15.8. The second-order valence-corrected chi connectivity index (χ2v) is 7.92.